The summed E-state index contributed by atoms with van der Waals surface area (Å²) in [7, 11) is 0. The lowest BCUT2D eigenvalue weighted by atomic mass is 9.64. The van der Waals surface area contributed by atoms with Crippen LogP contribution in [0.3, 0.4) is 0 Å². The van der Waals surface area contributed by atoms with Gasteiger partial charge in [-0.3, -0.25) is 14.5 Å². The molecule has 0 bridgehead atoms. The van der Waals surface area contributed by atoms with Gasteiger partial charge in [0, 0.05) is 13.1 Å². The second kappa shape index (κ2) is 7.60. The normalized spacial score (nSPS) is 28.2. The first-order chi connectivity index (χ1) is 14.2. The summed E-state index contributed by atoms with van der Waals surface area (Å²) in [6, 6.07) is 7.23. The van der Waals surface area contributed by atoms with Crippen molar-refractivity contribution < 1.29 is 14.4 Å². The molecule has 7 nitrogen and oxygen atoms in total. The van der Waals surface area contributed by atoms with Gasteiger partial charge in [0.1, 0.15) is 12.1 Å². The summed E-state index contributed by atoms with van der Waals surface area (Å²) >= 11 is 0. The molecule has 2 N–H and O–H groups in total. The zero-order chi connectivity index (χ0) is 21.5. The van der Waals surface area contributed by atoms with Gasteiger partial charge in [0.25, 0.3) is 5.91 Å². The third-order valence-electron chi connectivity index (χ3n) is 6.55. The Morgan fingerprint density at radius 3 is 2.57 bits per heavy atom. The van der Waals surface area contributed by atoms with Crippen LogP contribution < -0.4 is 15.5 Å². The average Bonchev–Trinajstić information content (AvgIpc) is 3.24. The average molecular weight is 413 g/mol. The van der Waals surface area contributed by atoms with Crippen LogP contribution in [0.1, 0.15) is 52.9 Å². The van der Waals surface area contributed by atoms with E-state index in [9.17, 15) is 14.4 Å². The largest absolute Gasteiger partial charge is 0.370 e. The van der Waals surface area contributed by atoms with Crippen molar-refractivity contribution in [2.24, 2.45) is 11.3 Å². The number of urea groups is 1. The molecule has 7 heteroatoms. The number of benzene rings is 1. The van der Waals surface area contributed by atoms with Crippen LogP contribution in [0, 0.1) is 11.3 Å². The Kier molecular flexibility index (Phi) is 5.24. The molecule has 1 saturated carbocycles. The number of carbonyl (C=O) groups is 3. The Balaban J connectivity index is 1.47. The van der Waals surface area contributed by atoms with Crippen molar-refractivity contribution in [2.75, 3.05) is 29.9 Å². The fourth-order valence-electron chi connectivity index (χ4n) is 5.80. The molecule has 1 aliphatic carbocycles. The van der Waals surface area contributed by atoms with Gasteiger partial charge < -0.3 is 15.5 Å². The molecule has 1 spiro atoms. The van der Waals surface area contributed by atoms with Crippen LogP contribution in [0.15, 0.2) is 24.3 Å². The van der Waals surface area contributed by atoms with E-state index < -0.39 is 11.6 Å². The summed E-state index contributed by atoms with van der Waals surface area (Å²) < 4.78 is 0. The Morgan fingerprint density at radius 1 is 1.17 bits per heavy atom. The van der Waals surface area contributed by atoms with Crippen molar-refractivity contribution in [3.8, 4) is 0 Å². The van der Waals surface area contributed by atoms with Crippen molar-refractivity contribution in [1.82, 2.24) is 10.2 Å². The van der Waals surface area contributed by atoms with E-state index in [1.807, 2.05) is 24.3 Å². The smallest absolute Gasteiger partial charge is 0.325 e. The summed E-state index contributed by atoms with van der Waals surface area (Å²) in [5.74, 6) is -0.292. The molecular weight excluding hydrogens is 380 g/mol. The lowest BCUT2D eigenvalue weighted by Gasteiger charge is -2.43. The van der Waals surface area contributed by atoms with Gasteiger partial charge in [0.2, 0.25) is 5.91 Å². The number of rotatable bonds is 4. The highest BCUT2D eigenvalue weighted by Crippen LogP contribution is 2.46. The molecule has 2 saturated heterocycles. The fourth-order valence-corrected chi connectivity index (χ4v) is 5.80. The highest BCUT2D eigenvalue weighted by Gasteiger charge is 2.56. The van der Waals surface area contributed by atoms with Crippen LogP contribution in [0.4, 0.5) is 16.2 Å². The number of nitrogens with zero attached hydrogens (tertiary/aromatic N) is 2. The number of para-hydroxylation sites is 2. The fraction of sp³-hybridized carbons (Fsp3) is 0.609. The van der Waals surface area contributed by atoms with Crippen molar-refractivity contribution in [1.29, 1.82) is 0 Å². The lowest BCUT2D eigenvalue weighted by molar-refractivity contribution is -0.136. The standard InChI is InChI=1S/C23H32N4O3/c1-16-12-22(2,3)15-23(13-16)20(29)27(21(30)25-23)14-19(28)24-17-8-4-5-9-18(17)26-10-6-7-11-26/h4-5,8-9,16H,6-7,10-15H2,1-3H3,(H,24,28)(H,25,30)/t16-,23-/m1/s1. The number of hydrogen-bond donors (Lipinski definition) is 2. The van der Waals surface area contributed by atoms with Crippen molar-refractivity contribution in [3.63, 3.8) is 0 Å². The first-order valence-corrected chi connectivity index (χ1v) is 11.0. The van der Waals surface area contributed by atoms with Crippen LogP contribution >= 0.6 is 0 Å². The van der Waals surface area contributed by atoms with E-state index in [1.165, 1.54) is 0 Å². The molecule has 4 rings (SSSR count). The molecule has 162 valence electrons. The highest BCUT2D eigenvalue weighted by molar-refractivity contribution is 6.10. The molecule has 2 atom stereocenters. The molecule has 1 aromatic carbocycles. The summed E-state index contributed by atoms with van der Waals surface area (Å²) in [6.07, 6.45) is 4.52. The molecule has 0 unspecified atom stereocenters. The van der Waals surface area contributed by atoms with E-state index in [4.69, 9.17) is 0 Å². The monoisotopic (exact) mass is 412 g/mol. The molecule has 2 heterocycles. The van der Waals surface area contributed by atoms with Gasteiger partial charge in [-0.2, -0.15) is 0 Å². The Bertz CT molecular complexity index is 862. The van der Waals surface area contributed by atoms with Crippen LogP contribution in [-0.2, 0) is 9.59 Å². The quantitative estimate of drug-likeness (QED) is 0.743. The van der Waals surface area contributed by atoms with Gasteiger partial charge in [0.15, 0.2) is 0 Å². The zero-order valence-corrected chi connectivity index (χ0v) is 18.2. The Labute approximate surface area is 178 Å². The topological polar surface area (TPSA) is 81.8 Å². The van der Waals surface area contributed by atoms with E-state index in [-0.39, 0.29) is 23.8 Å². The molecule has 1 aromatic rings. The summed E-state index contributed by atoms with van der Waals surface area (Å²) in [4.78, 5) is 42.0. The predicted octanol–water partition coefficient (Wildman–Crippen LogP) is 3.36. The molecule has 30 heavy (non-hydrogen) atoms. The first-order valence-electron chi connectivity index (χ1n) is 11.0. The number of anilines is 2. The Hall–Kier alpha value is -2.57. The van der Waals surface area contributed by atoms with Crippen LogP contribution in [0.2, 0.25) is 0 Å². The summed E-state index contributed by atoms with van der Waals surface area (Å²) in [5.41, 5.74) is 0.790. The number of amides is 4. The number of imide groups is 1. The van der Waals surface area contributed by atoms with Crippen molar-refractivity contribution in [3.05, 3.63) is 24.3 Å². The molecule has 3 aliphatic rings. The molecular formula is C23H32N4O3. The number of carbonyl (C=O) groups excluding carboxylic acids is 3. The minimum atomic E-state index is -0.883. The summed E-state index contributed by atoms with van der Waals surface area (Å²) in [5, 5.41) is 5.85. The third kappa shape index (κ3) is 3.89. The van der Waals surface area contributed by atoms with Gasteiger partial charge in [-0.15, -0.1) is 0 Å². The molecule has 3 fully saturated rings. The molecule has 0 radical (unpaired) electrons. The van der Waals surface area contributed by atoms with Gasteiger partial charge in [-0.1, -0.05) is 32.9 Å². The van der Waals surface area contributed by atoms with Crippen LogP contribution in [-0.4, -0.2) is 47.9 Å². The lowest BCUT2D eigenvalue weighted by Crippen LogP contribution is -2.54. The van der Waals surface area contributed by atoms with Crippen molar-refractivity contribution >= 4 is 29.2 Å². The maximum Gasteiger partial charge on any atom is 0.325 e. The highest BCUT2D eigenvalue weighted by atomic mass is 16.2. The van der Waals surface area contributed by atoms with E-state index >= 15 is 0 Å². The van der Waals surface area contributed by atoms with Gasteiger partial charge in [0.05, 0.1) is 11.4 Å². The number of hydrogen-bond acceptors (Lipinski definition) is 4. The maximum atomic E-state index is 13.2. The summed E-state index contributed by atoms with van der Waals surface area (Å²) in [6.45, 7) is 8.05. The molecule has 4 amide bonds. The van der Waals surface area contributed by atoms with E-state index in [2.05, 4.69) is 36.3 Å². The second-order valence-corrected chi connectivity index (χ2v) is 10.0. The number of nitrogens with one attached hydrogen (secondary N) is 2. The van der Waals surface area contributed by atoms with E-state index in [1.54, 1.807) is 0 Å². The van der Waals surface area contributed by atoms with Crippen LogP contribution in [0.5, 0.6) is 0 Å². The van der Waals surface area contributed by atoms with E-state index in [0.717, 1.165) is 48.6 Å². The van der Waals surface area contributed by atoms with Gasteiger partial charge >= 0.3 is 6.03 Å². The maximum absolute atomic E-state index is 13.2. The SMILES string of the molecule is C[C@@H]1CC(C)(C)C[C@@]2(C1)NC(=O)N(CC(=O)Nc1ccccc1N1CCCC1)C2=O. The minimum Gasteiger partial charge on any atom is -0.370 e. The van der Waals surface area contributed by atoms with Gasteiger partial charge in [-0.05, 0) is 55.6 Å². The third-order valence-corrected chi connectivity index (χ3v) is 6.55. The Morgan fingerprint density at radius 2 is 1.87 bits per heavy atom. The van der Waals surface area contributed by atoms with Gasteiger partial charge in [-0.25, -0.2) is 4.79 Å². The zero-order valence-electron chi connectivity index (χ0n) is 18.2. The first kappa shape index (κ1) is 20.7. The van der Waals surface area contributed by atoms with E-state index in [0.29, 0.717) is 18.8 Å². The second-order valence-electron chi connectivity index (χ2n) is 10.0. The minimum absolute atomic E-state index is 0.0342. The molecule has 2 aliphatic heterocycles. The van der Waals surface area contributed by atoms with Crippen molar-refractivity contribution in [2.45, 2.75) is 58.4 Å². The molecule has 0 aromatic heterocycles. The predicted molar refractivity (Wildman–Crippen MR) is 116 cm³/mol. The van der Waals surface area contributed by atoms with Crippen LogP contribution in [0.25, 0.3) is 0 Å².